The molecule has 1 aromatic carbocycles. The Balaban J connectivity index is 2.04. The van der Waals surface area contributed by atoms with Gasteiger partial charge in [-0.25, -0.2) is 0 Å². The Morgan fingerprint density at radius 3 is 2.53 bits per heavy atom. The van der Waals surface area contributed by atoms with Crippen LogP contribution in [0.3, 0.4) is 0 Å². The van der Waals surface area contributed by atoms with E-state index in [9.17, 15) is 0 Å². The van der Waals surface area contributed by atoms with Crippen molar-refractivity contribution in [1.82, 2.24) is 10.1 Å². The lowest BCUT2D eigenvalue weighted by atomic mass is 10.2. The minimum atomic E-state index is 0.420. The van der Waals surface area contributed by atoms with Crippen LogP contribution in [0.1, 0.15) is 30.9 Å². The molecule has 0 spiro atoms. The van der Waals surface area contributed by atoms with Crippen molar-refractivity contribution in [2.75, 3.05) is 0 Å². The average Bonchev–Trinajstić information content (AvgIpc) is 2.87. The van der Waals surface area contributed by atoms with Crippen LogP contribution in [0.2, 0.25) is 0 Å². The summed E-state index contributed by atoms with van der Waals surface area (Å²) in [5.41, 5.74) is 7.65. The predicted octanol–water partition coefficient (Wildman–Crippen LogP) is 2.54. The molecular weight excluding hydrogens is 238 g/mol. The maximum atomic E-state index is 5.54. The van der Waals surface area contributed by atoms with E-state index < -0.39 is 0 Å². The molecule has 0 saturated heterocycles. The molecule has 0 unspecified atom stereocenters. The molecule has 102 valence electrons. The Bertz CT molecular complexity index is 493. The van der Waals surface area contributed by atoms with Crippen LogP contribution in [0.5, 0.6) is 0 Å². The van der Waals surface area contributed by atoms with Crippen LogP contribution in [0.25, 0.3) is 0 Å². The monoisotopic (exact) mass is 259 g/mol. The molecule has 2 N–H and O–H groups in total. The molecule has 2 aromatic rings. The summed E-state index contributed by atoms with van der Waals surface area (Å²) in [5.74, 6) is 0.866. The standard InChI is InChI=1S/C15H21N3O/c1-12(2)18(10-13-6-4-3-5-7-13)11-15-8-14(9-16)17-19-15/h3-8,12H,9-11,16H2,1-2H3. The van der Waals surface area contributed by atoms with E-state index in [1.807, 2.05) is 12.1 Å². The first-order valence-electron chi connectivity index (χ1n) is 6.61. The van der Waals surface area contributed by atoms with Gasteiger partial charge in [0.05, 0.1) is 12.2 Å². The van der Waals surface area contributed by atoms with Gasteiger partial charge in [0.25, 0.3) is 0 Å². The highest BCUT2D eigenvalue weighted by molar-refractivity contribution is 5.15. The molecule has 4 heteroatoms. The van der Waals surface area contributed by atoms with Crippen molar-refractivity contribution < 1.29 is 4.52 Å². The SMILES string of the molecule is CC(C)N(Cc1ccccc1)Cc1cc(CN)no1. The summed E-state index contributed by atoms with van der Waals surface area (Å²) >= 11 is 0. The molecule has 0 saturated carbocycles. The third-order valence-electron chi connectivity index (χ3n) is 3.13. The molecule has 0 aliphatic carbocycles. The van der Waals surface area contributed by atoms with Crippen molar-refractivity contribution in [3.8, 4) is 0 Å². The molecule has 4 nitrogen and oxygen atoms in total. The second-order valence-electron chi connectivity index (χ2n) is 4.97. The summed E-state index contributed by atoms with van der Waals surface area (Å²) in [7, 11) is 0. The number of rotatable bonds is 6. The fourth-order valence-corrected chi connectivity index (χ4v) is 1.97. The van der Waals surface area contributed by atoms with Gasteiger partial charge in [-0.15, -0.1) is 0 Å². The number of hydrogen-bond donors (Lipinski definition) is 1. The first-order chi connectivity index (χ1) is 9.19. The smallest absolute Gasteiger partial charge is 0.151 e. The zero-order chi connectivity index (χ0) is 13.7. The Hall–Kier alpha value is -1.65. The first-order valence-corrected chi connectivity index (χ1v) is 6.61. The van der Waals surface area contributed by atoms with Crippen LogP contribution in [-0.4, -0.2) is 16.1 Å². The van der Waals surface area contributed by atoms with Gasteiger partial charge in [-0.2, -0.15) is 0 Å². The van der Waals surface area contributed by atoms with E-state index in [-0.39, 0.29) is 0 Å². The van der Waals surface area contributed by atoms with E-state index in [1.165, 1.54) is 5.56 Å². The Labute approximate surface area is 114 Å². The van der Waals surface area contributed by atoms with Crippen LogP contribution < -0.4 is 5.73 Å². The summed E-state index contributed by atoms with van der Waals surface area (Å²) in [5, 5.41) is 3.93. The zero-order valence-electron chi connectivity index (χ0n) is 11.5. The summed E-state index contributed by atoms with van der Waals surface area (Å²) in [4.78, 5) is 2.34. The van der Waals surface area contributed by atoms with Gasteiger partial charge in [-0.3, -0.25) is 4.90 Å². The van der Waals surface area contributed by atoms with E-state index in [1.54, 1.807) is 0 Å². The maximum Gasteiger partial charge on any atom is 0.151 e. The van der Waals surface area contributed by atoms with Crippen molar-refractivity contribution in [2.45, 2.75) is 39.5 Å². The van der Waals surface area contributed by atoms with Gasteiger partial charge in [0, 0.05) is 25.2 Å². The lowest BCUT2D eigenvalue weighted by Gasteiger charge is -2.25. The maximum absolute atomic E-state index is 5.54. The minimum absolute atomic E-state index is 0.420. The van der Waals surface area contributed by atoms with E-state index in [0.29, 0.717) is 12.6 Å². The lowest BCUT2D eigenvalue weighted by molar-refractivity contribution is 0.180. The van der Waals surface area contributed by atoms with Gasteiger partial charge in [0.1, 0.15) is 0 Å². The van der Waals surface area contributed by atoms with Gasteiger partial charge in [0.2, 0.25) is 0 Å². The Morgan fingerprint density at radius 2 is 1.95 bits per heavy atom. The minimum Gasteiger partial charge on any atom is -0.360 e. The number of hydrogen-bond acceptors (Lipinski definition) is 4. The summed E-state index contributed by atoms with van der Waals surface area (Å²) in [6, 6.07) is 12.8. The molecule has 0 atom stereocenters. The highest BCUT2D eigenvalue weighted by Gasteiger charge is 2.13. The van der Waals surface area contributed by atoms with Gasteiger partial charge in [0.15, 0.2) is 5.76 Å². The molecule has 0 aliphatic heterocycles. The zero-order valence-corrected chi connectivity index (χ0v) is 11.5. The molecule has 2 rings (SSSR count). The fraction of sp³-hybridized carbons (Fsp3) is 0.400. The van der Waals surface area contributed by atoms with Crippen LogP contribution in [0.15, 0.2) is 40.9 Å². The van der Waals surface area contributed by atoms with Crippen molar-refractivity contribution in [1.29, 1.82) is 0 Å². The second kappa shape index (κ2) is 6.50. The topological polar surface area (TPSA) is 55.3 Å². The van der Waals surface area contributed by atoms with Gasteiger partial charge < -0.3 is 10.3 Å². The van der Waals surface area contributed by atoms with E-state index >= 15 is 0 Å². The quantitative estimate of drug-likeness (QED) is 0.866. The number of benzene rings is 1. The molecule has 0 amide bonds. The van der Waals surface area contributed by atoms with Crippen molar-refractivity contribution >= 4 is 0 Å². The molecule has 1 heterocycles. The molecule has 0 bridgehead atoms. The molecule has 19 heavy (non-hydrogen) atoms. The van der Waals surface area contributed by atoms with Crippen LogP contribution in [0, 0.1) is 0 Å². The van der Waals surface area contributed by atoms with E-state index in [4.69, 9.17) is 10.3 Å². The summed E-state index contributed by atoms with van der Waals surface area (Å²) < 4.78 is 5.30. The van der Waals surface area contributed by atoms with Crippen LogP contribution in [-0.2, 0) is 19.6 Å². The van der Waals surface area contributed by atoms with Crippen LogP contribution in [0.4, 0.5) is 0 Å². The number of aromatic nitrogens is 1. The van der Waals surface area contributed by atoms with E-state index in [0.717, 1.165) is 24.5 Å². The summed E-state index contributed by atoms with van der Waals surface area (Å²) in [6.07, 6.45) is 0. The third-order valence-corrected chi connectivity index (χ3v) is 3.13. The lowest BCUT2D eigenvalue weighted by Crippen LogP contribution is -2.29. The highest BCUT2D eigenvalue weighted by atomic mass is 16.5. The van der Waals surface area contributed by atoms with Crippen molar-refractivity contribution in [3.05, 3.63) is 53.4 Å². The number of nitrogens with zero attached hydrogens (tertiary/aromatic N) is 2. The molecule has 0 radical (unpaired) electrons. The van der Waals surface area contributed by atoms with Crippen molar-refractivity contribution in [2.24, 2.45) is 5.73 Å². The largest absolute Gasteiger partial charge is 0.360 e. The van der Waals surface area contributed by atoms with E-state index in [2.05, 4.69) is 48.2 Å². The number of nitrogens with two attached hydrogens (primary N) is 1. The predicted molar refractivity (Wildman–Crippen MR) is 75.2 cm³/mol. The Morgan fingerprint density at radius 1 is 1.21 bits per heavy atom. The molecule has 1 aromatic heterocycles. The van der Waals surface area contributed by atoms with Gasteiger partial charge >= 0.3 is 0 Å². The Kier molecular flexibility index (Phi) is 4.71. The first kappa shape index (κ1) is 13.8. The van der Waals surface area contributed by atoms with Crippen molar-refractivity contribution in [3.63, 3.8) is 0 Å². The highest BCUT2D eigenvalue weighted by Crippen LogP contribution is 2.13. The third kappa shape index (κ3) is 3.91. The van der Waals surface area contributed by atoms with Gasteiger partial charge in [-0.05, 0) is 19.4 Å². The summed E-state index contributed by atoms with van der Waals surface area (Å²) in [6.45, 7) is 6.44. The second-order valence-corrected chi connectivity index (χ2v) is 4.97. The average molecular weight is 259 g/mol. The van der Waals surface area contributed by atoms with Gasteiger partial charge in [-0.1, -0.05) is 35.5 Å². The normalized spacial score (nSPS) is 11.4. The van der Waals surface area contributed by atoms with Crippen LogP contribution >= 0.6 is 0 Å². The fourth-order valence-electron chi connectivity index (χ4n) is 1.97. The molecule has 0 aliphatic rings. The molecule has 0 fully saturated rings. The molecular formula is C15H21N3O.